The Labute approximate surface area is 227 Å². The van der Waals surface area contributed by atoms with Gasteiger partial charge in [-0.15, -0.1) is 0 Å². The quantitative estimate of drug-likeness (QED) is 0.241. The minimum Gasteiger partial charge on any atom is -1.00 e. The summed E-state index contributed by atoms with van der Waals surface area (Å²) in [6.07, 6.45) is 3.38. The van der Waals surface area contributed by atoms with Crippen LogP contribution in [0.4, 0.5) is 0 Å². The maximum atomic E-state index is 10.1. The first-order valence-electron chi connectivity index (χ1n) is 9.26. The van der Waals surface area contributed by atoms with Crippen molar-refractivity contribution in [3.8, 4) is 56.6 Å². The summed E-state index contributed by atoms with van der Waals surface area (Å²) in [6, 6.07) is 17.6. The fraction of sp³-hybridized carbons (Fsp3) is 0.0833. The van der Waals surface area contributed by atoms with Crippen LogP contribution in [-0.4, -0.2) is 34.4 Å². The topological polar surface area (TPSA) is 84.7 Å². The van der Waals surface area contributed by atoms with E-state index < -0.39 is 0 Å². The molecule has 0 aliphatic heterocycles. The zero-order valence-corrected chi connectivity index (χ0v) is 21.5. The van der Waals surface area contributed by atoms with Crippen LogP contribution in [0.2, 0.25) is 0 Å². The summed E-state index contributed by atoms with van der Waals surface area (Å²) in [5.74, 6) is 1.63. The van der Waals surface area contributed by atoms with Gasteiger partial charge in [0.25, 0.3) is 0 Å². The number of phenolic OH excluding ortho intramolecular Hbond substituents is 2. The third-order valence-corrected chi connectivity index (χ3v) is 4.82. The molecule has 0 unspecified atom stereocenters. The summed E-state index contributed by atoms with van der Waals surface area (Å²) in [7, 11) is 3.16. The molecule has 2 N–H and O–H groups in total. The third-order valence-electron chi connectivity index (χ3n) is 4.82. The molecule has 0 amide bonds. The number of hydrogen-bond donors (Lipinski definition) is 2. The van der Waals surface area contributed by atoms with Crippen molar-refractivity contribution in [2.75, 3.05) is 14.2 Å². The normalized spacial score (nSPS) is 9.35. The Morgan fingerprint density at radius 2 is 0.971 bits per heavy atom. The summed E-state index contributed by atoms with van der Waals surface area (Å²) in [4.78, 5) is 8.97. The summed E-state index contributed by atoms with van der Waals surface area (Å²) < 4.78 is 10.5. The average molecular weight is 562 g/mol. The maximum absolute atomic E-state index is 10.1. The van der Waals surface area contributed by atoms with Crippen LogP contribution < -0.4 is 46.7 Å². The molecule has 0 bridgehead atoms. The number of aromatic nitrogens is 2. The Bertz CT molecular complexity index is 1100. The second kappa shape index (κ2) is 13.9. The number of hydrogen-bond acceptors (Lipinski definition) is 6. The van der Waals surface area contributed by atoms with Gasteiger partial charge < -0.3 is 56.9 Å². The van der Waals surface area contributed by atoms with Gasteiger partial charge in [-0.05, 0) is 48.5 Å². The van der Waals surface area contributed by atoms with E-state index in [1.165, 1.54) is 0 Å². The standard InChI is InChI=1S/C24H20N2O4.3ClH.Mn/c1-29-17-5-9-23(27)19(11-17)15-3-7-21(25-13-15)22-8-4-16(14-26-22)20-12-18(30-2)6-10-24(20)28;;;;/h3-14,27-28H,1-2H3;3*1H;/q;;;;+3/p-3. The van der Waals surface area contributed by atoms with Gasteiger partial charge >= 0.3 is 17.1 Å². The van der Waals surface area contributed by atoms with E-state index in [0.29, 0.717) is 34.0 Å². The van der Waals surface area contributed by atoms with Gasteiger partial charge in [0.1, 0.15) is 23.0 Å². The predicted molar refractivity (Wildman–Crippen MR) is 115 cm³/mol. The van der Waals surface area contributed by atoms with Gasteiger partial charge in [-0.25, -0.2) is 0 Å². The summed E-state index contributed by atoms with van der Waals surface area (Å²) in [5.41, 5.74) is 4.22. The van der Waals surface area contributed by atoms with E-state index in [1.54, 1.807) is 63.0 Å². The fourth-order valence-electron chi connectivity index (χ4n) is 3.16. The van der Waals surface area contributed by atoms with E-state index in [0.717, 1.165) is 11.1 Å². The zero-order valence-electron chi connectivity index (χ0n) is 18.0. The number of halogens is 3. The van der Waals surface area contributed by atoms with Crippen molar-refractivity contribution in [3.63, 3.8) is 0 Å². The van der Waals surface area contributed by atoms with E-state index in [9.17, 15) is 10.2 Å². The molecule has 0 aliphatic rings. The first-order valence-corrected chi connectivity index (χ1v) is 9.26. The van der Waals surface area contributed by atoms with Crippen LogP contribution in [0.1, 0.15) is 0 Å². The van der Waals surface area contributed by atoms with Gasteiger partial charge in [-0.1, -0.05) is 12.1 Å². The van der Waals surface area contributed by atoms with Crippen LogP contribution >= 0.6 is 0 Å². The average Bonchev–Trinajstić information content (AvgIpc) is 2.80. The SMILES string of the molecule is COc1ccc(O)c(-c2ccc(-c3ccc(-c4cc(OC)ccc4O)cn3)nc2)c1.[Cl-].[Cl-].[Cl-].[Mn+3]. The van der Waals surface area contributed by atoms with Crippen molar-refractivity contribution in [1.29, 1.82) is 0 Å². The van der Waals surface area contributed by atoms with E-state index in [4.69, 9.17) is 9.47 Å². The van der Waals surface area contributed by atoms with Gasteiger partial charge in [0.2, 0.25) is 0 Å². The third kappa shape index (κ3) is 6.69. The van der Waals surface area contributed by atoms with Crippen LogP contribution in [0.15, 0.2) is 73.1 Å². The summed E-state index contributed by atoms with van der Waals surface area (Å²) in [6.45, 7) is 0. The molecule has 4 rings (SSSR count). The van der Waals surface area contributed by atoms with Crippen molar-refractivity contribution < 1.29 is 74.0 Å². The molecular weight excluding hydrogens is 542 g/mol. The van der Waals surface area contributed by atoms with Crippen molar-refractivity contribution in [2.45, 2.75) is 0 Å². The van der Waals surface area contributed by atoms with Crippen LogP contribution in [-0.2, 0) is 17.1 Å². The fourth-order valence-corrected chi connectivity index (χ4v) is 3.16. The Balaban J connectivity index is 0.00000272. The summed E-state index contributed by atoms with van der Waals surface area (Å²) >= 11 is 0. The molecule has 6 nitrogen and oxygen atoms in total. The van der Waals surface area contributed by atoms with Crippen molar-refractivity contribution >= 4 is 0 Å². The molecule has 2 aromatic carbocycles. The number of pyridine rings is 2. The monoisotopic (exact) mass is 560 g/mol. The Kier molecular flexibility index (Phi) is 12.8. The number of aromatic hydroxyl groups is 2. The van der Waals surface area contributed by atoms with Crippen molar-refractivity contribution in [1.82, 2.24) is 9.97 Å². The minimum atomic E-state index is 0. The Hall–Kier alpha value is -2.67. The minimum absolute atomic E-state index is 0. The van der Waals surface area contributed by atoms with Gasteiger partial charge in [0.05, 0.1) is 25.6 Å². The first kappa shape index (κ1) is 31.3. The predicted octanol–water partition coefficient (Wildman–Crippen LogP) is -4.08. The number of phenols is 2. The molecule has 0 atom stereocenters. The van der Waals surface area contributed by atoms with Crippen LogP contribution in [0, 0.1) is 0 Å². The molecule has 0 aliphatic carbocycles. The van der Waals surface area contributed by atoms with E-state index in [-0.39, 0.29) is 65.8 Å². The number of rotatable bonds is 5. The van der Waals surface area contributed by atoms with Crippen LogP contribution in [0.25, 0.3) is 33.6 Å². The molecular formula is C24H20Cl3MnN2O4. The maximum Gasteiger partial charge on any atom is 3.00 e. The second-order valence-corrected chi connectivity index (χ2v) is 6.63. The summed E-state index contributed by atoms with van der Waals surface area (Å²) in [5, 5.41) is 20.3. The molecule has 2 aromatic heterocycles. The number of benzene rings is 2. The van der Waals surface area contributed by atoms with Crippen LogP contribution in [0.3, 0.4) is 0 Å². The molecule has 0 saturated heterocycles. The smallest absolute Gasteiger partial charge is 1.00 e. The van der Waals surface area contributed by atoms with E-state index in [1.807, 2.05) is 24.3 Å². The van der Waals surface area contributed by atoms with Crippen molar-refractivity contribution in [2.24, 2.45) is 0 Å². The second-order valence-electron chi connectivity index (χ2n) is 6.63. The Morgan fingerprint density at radius 3 is 1.26 bits per heavy atom. The van der Waals surface area contributed by atoms with Crippen LogP contribution in [0.5, 0.6) is 23.0 Å². The van der Waals surface area contributed by atoms with Crippen molar-refractivity contribution in [3.05, 3.63) is 73.1 Å². The molecule has 0 radical (unpaired) electrons. The molecule has 34 heavy (non-hydrogen) atoms. The van der Waals surface area contributed by atoms with Gasteiger partial charge in [-0.2, -0.15) is 0 Å². The number of methoxy groups -OCH3 is 2. The molecule has 4 aromatic rings. The molecule has 0 fully saturated rings. The first-order chi connectivity index (χ1) is 14.6. The van der Waals surface area contributed by atoms with E-state index in [2.05, 4.69) is 9.97 Å². The van der Waals surface area contributed by atoms with E-state index >= 15 is 0 Å². The molecule has 178 valence electrons. The molecule has 0 saturated carbocycles. The largest absolute Gasteiger partial charge is 3.00 e. The zero-order chi connectivity index (χ0) is 21.1. The number of ether oxygens (including phenoxy) is 2. The number of nitrogens with zero attached hydrogens (tertiary/aromatic N) is 2. The molecule has 2 heterocycles. The molecule has 0 spiro atoms. The van der Waals surface area contributed by atoms with Gasteiger partial charge in [0, 0.05) is 34.6 Å². The van der Waals surface area contributed by atoms with Gasteiger partial charge in [-0.3, -0.25) is 9.97 Å². The van der Waals surface area contributed by atoms with Gasteiger partial charge in [0.15, 0.2) is 0 Å². The molecule has 10 heteroatoms. The Morgan fingerprint density at radius 1 is 0.588 bits per heavy atom.